The number of rotatable bonds is 2. The fourth-order valence-corrected chi connectivity index (χ4v) is 2.51. The third kappa shape index (κ3) is 2.94. The van der Waals surface area contributed by atoms with Crippen LogP contribution >= 0.6 is 12.4 Å². The maximum Gasteiger partial charge on any atom is 0.278 e. The van der Waals surface area contributed by atoms with Crippen LogP contribution in [-0.4, -0.2) is 29.7 Å². The third-order valence-corrected chi connectivity index (χ3v) is 3.70. The van der Waals surface area contributed by atoms with E-state index in [-0.39, 0.29) is 18.3 Å². The summed E-state index contributed by atoms with van der Waals surface area (Å²) in [5.74, 6) is -0.0724. The average molecular weight is 307 g/mol. The summed E-state index contributed by atoms with van der Waals surface area (Å²) in [7, 11) is 1.79. The largest absolute Gasteiger partial charge is 0.312 e. The summed E-state index contributed by atoms with van der Waals surface area (Å²) in [6.07, 6.45) is 0.893. The van der Waals surface area contributed by atoms with Crippen molar-refractivity contribution in [3.63, 3.8) is 0 Å². The highest BCUT2D eigenvalue weighted by Crippen LogP contribution is 2.20. The molecule has 3 rings (SSSR count). The highest BCUT2D eigenvalue weighted by atomic mass is 35.5. The molecule has 2 aromatic rings. The van der Waals surface area contributed by atoms with E-state index >= 15 is 0 Å². The van der Waals surface area contributed by atoms with Gasteiger partial charge in [-0.15, -0.1) is 12.4 Å². The molecule has 1 aromatic heterocycles. The molecule has 2 N–H and O–H groups in total. The van der Waals surface area contributed by atoms with E-state index < -0.39 is 0 Å². The molecule has 2 heterocycles. The topological polar surface area (TPSA) is 61.0 Å². The monoisotopic (exact) mass is 306 g/mol. The first-order valence-electron chi connectivity index (χ1n) is 6.78. The van der Waals surface area contributed by atoms with Crippen LogP contribution in [0.3, 0.4) is 0 Å². The fraction of sp³-hybridized carbons (Fsp3) is 0.333. The zero-order chi connectivity index (χ0) is 14.1. The number of halogens is 1. The molecule has 1 aromatic carbocycles. The standard InChI is InChI=1S/C15H18N4O.ClH/c1-10-4-3-5-11(8-10)19(2)15(20)14-12-9-16-7-6-13(12)17-18-14;/h3-5,8,16H,6-7,9H2,1-2H3,(H,17,18);1H. The van der Waals surface area contributed by atoms with Crippen LogP contribution in [0.25, 0.3) is 0 Å². The summed E-state index contributed by atoms with van der Waals surface area (Å²) in [5.41, 5.74) is 4.62. The number of aryl methyl sites for hydroxylation is 1. The Labute approximate surface area is 130 Å². The fourth-order valence-electron chi connectivity index (χ4n) is 2.51. The van der Waals surface area contributed by atoms with Crippen molar-refractivity contribution in [3.05, 3.63) is 46.8 Å². The number of H-pyrrole nitrogens is 1. The summed E-state index contributed by atoms with van der Waals surface area (Å²) < 4.78 is 0. The van der Waals surface area contributed by atoms with Gasteiger partial charge in [0.05, 0.1) is 0 Å². The summed E-state index contributed by atoms with van der Waals surface area (Å²) in [6.45, 7) is 3.65. The molecule has 0 saturated carbocycles. The van der Waals surface area contributed by atoms with Crippen molar-refractivity contribution in [2.45, 2.75) is 19.9 Å². The van der Waals surface area contributed by atoms with Crippen molar-refractivity contribution in [3.8, 4) is 0 Å². The average Bonchev–Trinajstić information content (AvgIpc) is 2.89. The van der Waals surface area contributed by atoms with Gasteiger partial charge in [-0.3, -0.25) is 9.89 Å². The molecule has 0 fully saturated rings. The normalized spacial score (nSPS) is 13.2. The Balaban J connectivity index is 0.00000161. The SMILES string of the molecule is Cc1cccc(N(C)C(=O)c2n[nH]c3c2CNCC3)c1.Cl. The molecule has 0 unspecified atom stereocenters. The number of aromatic nitrogens is 2. The molecule has 5 nitrogen and oxygen atoms in total. The number of nitrogens with one attached hydrogen (secondary N) is 2. The Morgan fingerprint density at radius 2 is 2.19 bits per heavy atom. The first-order valence-corrected chi connectivity index (χ1v) is 6.78. The Hall–Kier alpha value is -1.85. The van der Waals surface area contributed by atoms with Gasteiger partial charge in [0.1, 0.15) is 0 Å². The number of hydrogen-bond donors (Lipinski definition) is 2. The van der Waals surface area contributed by atoms with Crippen molar-refractivity contribution in [1.82, 2.24) is 15.5 Å². The molecule has 1 amide bonds. The second-order valence-electron chi connectivity index (χ2n) is 5.16. The maximum atomic E-state index is 12.6. The third-order valence-electron chi connectivity index (χ3n) is 3.70. The smallest absolute Gasteiger partial charge is 0.278 e. The number of anilines is 1. The first-order chi connectivity index (χ1) is 9.66. The molecule has 0 aliphatic carbocycles. The van der Waals surface area contributed by atoms with Crippen LogP contribution in [0.15, 0.2) is 24.3 Å². The second kappa shape index (κ2) is 6.28. The zero-order valence-electron chi connectivity index (χ0n) is 12.1. The lowest BCUT2D eigenvalue weighted by Gasteiger charge is -2.18. The van der Waals surface area contributed by atoms with E-state index in [1.54, 1.807) is 11.9 Å². The molecular weight excluding hydrogens is 288 g/mol. The van der Waals surface area contributed by atoms with Gasteiger partial charge < -0.3 is 10.2 Å². The summed E-state index contributed by atoms with van der Waals surface area (Å²) in [5, 5.41) is 10.5. The van der Waals surface area contributed by atoms with Crippen molar-refractivity contribution in [2.24, 2.45) is 0 Å². The molecule has 1 aliphatic heterocycles. The summed E-state index contributed by atoms with van der Waals surface area (Å²) >= 11 is 0. The lowest BCUT2D eigenvalue weighted by atomic mass is 10.1. The molecular formula is C15H19ClN4O. The van der Waals surface area contributed by atoms with Gasteiger partial charge in [0.25, 0.3) is 5.91 Å². The highest BCUT2D eigenvalue weighted by molar-refractivity contribution is 6.05. The van der Waals surface area contributed by atoms with E-state index in [0.29, 0.717) is 12.2 Å². The number of hydrogen-bond acceptors (Lipinski definition) is 3. The lowest BCUT2D eigenvalue weighted by molar-refractivity contribution is 0.0987. The van der Waals surface area contributed by atoms with E-state index in [1.807, 2.05) is 31.2 Å². The van der Waals surface area contributed by atoms with Crippen molar-refractivity contribution in [2.75, 3.05) is 18.5 Å². The van der Waals surface area contributed by atoms with Gasteiger partial charge in [-0.1, -0.05) is 12.1 Å². The summed E-state index contributed by atoms with van der Waals surface area (Å²) in [4.78, 5) is 14.3. The van der Waals surface area contributed by atoms with Crippen molar-refractivity contribution >= 4 is 24.0 Å². The second-order valence-corrected chi connectivity index (χ2v) is 5.16. The van der Waals surface area contributed by atoms with Gasteiger partial charge in [0.2, 0.25) is 0 Å². The number of aromatic amines is 1. The number of benzene rings is 1. The predicted octanol–water partition coefficient (Wildman–Crippen LogP) is 2.06. The molecule has 1 aliphatic rings. The van der Waals surface area contributed by atoms with Crippen molar-refractivity contribution < 1.29 is 4.79 Å². The minimum Gasteiger partial charge on any atom is -0.312 e. The van der Waals surface area contributed by atoms with Crippen molar-refractivity contribution in [1.29, 1.82) is 0 Å². The number of carbonyl (C=O) groups excluding carboxylic acids is 1. The number of amides is 1. The van der Waals surface area contributed by atoms with E-state index in [9.17, 15) is 4.79 Å². The van der Waals surface area contributed by atoms with E-state index in [4.69, 9.17) is 0 Å². The van der Waals surface area contributed by atoms with Crippen LogP contribution in [0.1, 0.15) is 27.3 Å². The quantitative estimate of drug-likeness (QED) is 0.893. The Morgan fingerprint density at radius 1 is 1.38 bits per heavy atom. The molecule has 0 radical (unpaired) electrons. The van der Waals surface area contributed by atoms with Crippen LogP contribution in [0.2, 0.25) is 0 Å². The first kappa shape index (κ1) is 15.5. The Kier molecular flexibility index (Phi) is 4.65. The molecule has 0 spiro atoms. The van der Waals surface area contributed by atoms with Crippen LogP contribution < -0.4 is 10.2 Å². The number of carbonyl (C=O) groups is 1. The molecule has 21 heavy (non-hydrogen) atoms. The Morgan fingerprint density at radius 3 is 2.95 bits per heavy atom. The van der Waals surface area contributed by atoms with Gasteiger partial charge in [0.15, 0.2) is 5.69 Å². The van der Waals surface area contributed by atoms with E-state index in [0.717, 1.165) is 35.5 Å². The van der Waals surface area contributed by atoms with Gasteiger partial charge in [-0.05, 0) is 24.6 Å². The van der Waals surface area contributed by atoms with Crippen LogP contribution in [-0.2, 0) is 13.0 Å². The lowest BCUT2D eigenvalue weighted by Crippen LogP contribution is -2.30. The molecule has 0 atom stereocenters. The molecule has 0 bridgehead atoms. The highest BCUT2D eigenvalue weighted by Gasteiger charge is 2.24. The minimum atomic E-state index is -0.0724. The molecule has 6 heteroatoms. The Bertz CT molecular complexity index is 653. The van der Waals surface area contributed by atoms with Gasteiger partial charge in [0, 0.05) is 43.5 Å². The van der Waals surface area contributed by atoms with Crippen LogP contribution in [0.5, 0.6) is 0 Å². The van der Waals surface area contributed by atoms with E-state index in [2.05, 4.69) is 15.5 Å². The zero-order valence-corrected chi connectivity index (χ0v) is 13.0. The number of fused-ring (bicyclic) bond motifs is 1. The maximum absolute atomic E-state index is 12.6. The molecule has 0 saturated heterocycles. The van der Waals surface area contributed by atoms with Gasteiger partial charge in [-0.2, -0.15) is 5.10 Å². The van der Waals surface area contributed by atoms with Crippen LogP contribution in [0.4, 0.5) is 5.69 Å². The predicted molar refractivity (Wildman–Crippen MR) is 85.2 cm³/mol. The van der Waals surface area contributed by atoms with Gasteiger partial charge >= 0.3 is 0 Å². The molecule has 112 valence electrons. The van der Waals surface area contributed by atoms with E-state index in [1.165, 1.54) is 0 Å². The summed E-state index contributed by atoms with van der Waals surface area (Å²) in [6, 6.07) is 7.90. The minimum absolute atomic E-state index is 0. The van der Waals surface area contributed by atoms with Crippen LogP contribution in [0, 0.1) is 6.92 Å². The number of nitrogens with zero attached hydrogens (tertiary/aromatic N) is 2. The van der Waals surface area contributed by atoms with Gasteiger partial charge in [-0.25, -0.2) is 0 Å².